The Morgan fingerprint density at radius 2 is 1.72 bits per heavy atom. The maximum Gasteiger partial charge on any atom is 0.0433 e. The van der Waals surface area contributed by atoms with Crippen LogP contribution in [0.25, 0.3) is 0 Å². The molecule has 0 aromatic rings. The van der Waals surface area contributed by atoms with Crippen molar-refractivity contribution >= 4 is 0 Å². The van der Waals surface area contributed by atoms with E-state index in [9.17, 15) is 0 Å². The Bertz CT molecular complexity index is 191. The maximum atomic E-state index is 8.95. The molecule has 0 unspecified atom stereocenters. The summed E-state index contributed by atoms with van der Waals surface area (Å²) in [4.78, 5) is 5.02. The van der Waals surface area contributed by atoms with Gasteiger partial charge in [0.1, 0.15) is 0 Å². The molecule has 0 aliphatic carbocycles. The molecule has 0 aromatic carbocycles. The summed E-state index contributed by atoms with van der Waals surface area (Å²) in [5, 5.41) is 8.95. The SMILES string of the molecule is CC[C@@H](CCO)CCCCCN1CCN(C)CC1. The van der Waals surface area contributed by atoms with Crippen LogP contribution in [0.1, 0.15) is 45.4 Å². The second-order valence-corrected chi connectivity index (χ2v) is 5.78. The van der Waals surface area contributed by atoms with Crippen molar-refractivity contribution in [2.45, 2.75) is 45.4 Å². The molecule has 1 rings (SSSR count). The Kier molecular flexibility index (Phi) is 8.64. The van der Waals surface area contributed by atoms with Crippen molar-refractivity contribution in [3.05, 3.63) is 0 Å². The lowest BCUT2D eigenvalue weighted by atomic mass is 9.95. The number of hydrogen-bond donors (Lipinski definition) is 1. The fourth-order valence-corrected chi connectivity index (χ4v) is 2.75. The molecule has 1 atom stereocenters. The molecule has 1 heterocycles. The van der Waals surface area contributed by atoms with Gasteiger partial charge in [-0.2, -0.15) is 0 Å². The van der Waals surface area contributed by atoms with Gasteiger partial charge in [-0.25, -0.2) is 0 Å². The molecule has 1 fully saturated rings. The van der Waals surface area contributed by atoms with Gasteiger partial charge in [-0.05, 0) is 32.4 Å². The van der Waals surface area contributed by atoms with Gasteiger partial charge >= 0.3 is 0 Å². The van der Waals surface area contributed by atoms with Crippen LogP contribution in [-0.2, 0) is 0 Å². The lowest BCUT2D eigenvalue weighted by Crippen LogP contribution is -2.44. The van der Waals surface area contributed by atoms with Crippen LogP contribution in [0.5, 0.6) is 0 Å². The summed E-state index contributed by atoms with van der Waals surface area (Å²) in [5.74, 6) is 0.749. The lowest BCUT2D eigenvalue weighted by Gasteiger charge is -2.32. The summed E-state index contributed by atoms with van der Waals surface area (Å²) in [6, 6.07) is 0. The predicted octanol–water partition coefficient (Wildman–Crippen LogP) is 2.20. The van der Waals surface area contributed by atoms with Gasteiger partial charge in [-0.3, -0.25) is 0 Å². The van der Waals surface area contributed by atoms with Crippen molar-refractivity contribution in [1.82, 2.24) is 9.80 Å². The van der Waals surface area contributed by atoms with Gasteiger partial charge in [0.25, 0.3) is 0 Å². The molecule has 3 nitrogen and oxygen atoms in total. The van der Waals surface area contributed by atoms with Crippen molar-refractivity contribution in [1.29, 1.82) is 0 Å². The van der Waals surface area contributed by atoms with Crippen molar-refractivity contribution in [2.75, 3.05) is 46.4 Å². The Labute approximate surface area is 113 Å². The molecule has 3 heteroatoms. The number of rotatable bonds is 9. The van der Waals surface area contributed by atoms with E-state index in [0.717, 1.165) is 12.3 Å². The molecule has 0 radical (unpaired) electrons. The first-order valence-electron chi connectivity index (χ1n) is 7.78. The fraction of sp³-hybridized carbons (Fsp3) is 1.00. The number of hydrogen-bond acceptors (Lipinski definition) is 3. The van der Waals surface area contributed by atoms with E-state index >= 15 is 0 Å². The van der Waals surface area contributed by atoms with Crippen LogP contribution < -0.4 is 0 Å². The normalized spacial score (nSPS) is 20.2. The molecule has 1 aliphatic rings. The Morgan fingerprint density at radius 3 is 2.33 bits per heavy atom. The first kappa shape index (κ1) is 15.9. The summed E-state index contributed by atoms with van der Waals surface area (Å²) >= 11 is 0. The standard InChI is InChI=1S/C15H32N2O/c1-3-15(8-14-18)7-5-4-6-9-17-12-10-16(2)11-13-17/h15,18H,3-14H2,1-2H3/t15-/m1/s1. The average Bonchev–Trinajstić information content (AvgIpc) is 2.39. The van der Waals surface area contributed by atoms with Gasteiger partial charge in [0.15, 0.2) is 0 Å². The zero-order valence-electron chi connectivity index (χ0n) is 12.4. The second kappa shape index (κ2) is 9.76. The second-order valence-electron chi connectivity index (χ2n) is 5.78. The molecule has 1 saturated heterocycles. The molecule has 0 aromatic heterocycles. The van der Waals surface area contributed by atoms with Crippen LogP contribution in [0, 0.1) is 5.92 Å². The molecule has 18 heavy (non-hydrogen) atoms. The zero-order valence-corrected chi connectivity index (χ0v) is 12.4. The third-order valence-corrected chi connectivity index (χ3v) is 4.30. The number of unbranched alkanes of at least 4 members (excludes halogenated alkanes) is 2. The number of aliphatic hydroxyl groups is 1. The molecule has 0 spiro atoms. The largest absolute Gasteiger partial charge is 0.396 e. The quantitative estimate of drug-likeness (QED) is 0.641. The smallest absolute Gasteiger partial charge is 0.0433 e. The average molecular weight is 256 g/mol. The fourth-order valence-electron chi connectivity index (χ4n) is 2.75. The summed E-state index contributed by atoms with van der Waals surface area (Å²) < 4.78 is 0. The van der Waals surface area contributed by atoms with E-state index < -0.39 is 0 Å². The summed E-state index contributed by atoms with van der Waals surface area (Å²) in [6.07, 6.45) is 7.56. The predicted molar refractivity (Wildman–Crippen MR) is 77.9 cm³/mol. The van der Waals surface area contributed by atoms with E-state index in [1.165, 1.54) is 64.8 Å². The van der Waals surface area contributed by atoms with Crippen molar-refractivity contribution in [3.8, 4) is 0 Å². The number of piperazine rings is 1. The summed E-state index contributed by atoms with van der Waals surface area (Å²) in [7, 11) is 2.21. The number of aliphatic hydroxyl groups excluding tert-OH is 1. The molecule has 108 valence electrons. The molecule has 0 bridgehead atoms. The van der Waals surface area contributed by atoms with E-state index in [4.69, 9.17) is 5.11 Å². The van der Waals surface area contributed by atoms with Crippen LogP contribution in [0.3, 0.4) is 0 Å². The monoisotopic (exact) mass is 256 g/mol. The van der Waals surface area contributed by atoms with E-state index in [1.54, 1.807) is 0 Å². The van der Waals surface area contributed by atoms with Gasteiger partial charge in [0.2, 0.25) is 0 Å². The summed E-state index contributed by atoms with van der Waals surface area (Å²) in [6.45, 7) is 8.84. The molecule has 1 N–H and O–H groups in total. The summed E-state index contributed by atoms with van der Waals surface area (Å²) in [5.41, 5.74) is 0. The maximum absolute atomic E-state index is 8.95. The van der Waals surface area contributed by atoms with Crippen molar-refractivity contribution in [3.63, 3.8) is 0 Å². The third-order valence-electron chi connectivity index (χ3n) is 4.30. The van der Waals surface area contributed by atoms with E-state index in [1.807, 2.05) is 0 Å². The van der Waals surface area contributed by atoms with Crippen LogP contribution >= 0.6 is 0 Å². The highest BCUT2D eigenvalue weighted by Crippen LogP contribution is 2.17. The van der Waals surface area contributed by atoms with Crippen molar-refractivity contribution < 1.29 is 5.11 Å². The van der Waals surface area contributed by atoms with Gasteiger partial charge in [-0.1, -0.05) is 32.6 Å². The van der Waals surface area contributed by atoms with E-state index in [0.29, 0.717) is 6.61 Å². The highest BCUT2D eigenvalue weighted by atomic mass is 16.3. The Balaban J connectivity index is 1.94. The molecule has 0 saturated carbocycles. The minimum atomic E-state index is 0.361. The molecule has 1 aliphatic heterocycles. The van der Waals surface area contributed by atoms with Gasteiger partial charge in [0.05, 0.1) is 0 Å². The number of nitrogens with zero attached hydrogens (tertiary/aromatic N) is 2. The third kappa shape index (κ3) is 6.72. The first-order valence-corrected chi connectivity index (χ1v) is 7.78. The molecular formula is C15H32N2O. The van der Waals surface area contributed by atoms with Crippen LogP contribution in [-0.4, -0.2) is 61.3 Å². The Hall–Kier alpha value is -0.120. The topological polar surface area (TPSA) is 26.7 Å². The van der Waals surface area contributed by atoms with E-state index in [-0.39, 0.29) is 0 Å². The van der Waals surface area contributed by atoms with Gasteiger partial charge < -0.3 is 14.9 Å². The van der Waals surface area contributed by atoms with Gasteiger partial charge in [-0.15, -0.1) is 0 Å². The number of likely N-dealkylation sites (N-methyl/N-ethyl adjacent to an activating group) is 1. The van der Waals surface area contributed by atoms with Crippen LogP contribution in [0.4, 0.5) is 0 Å². The van der Waals surface area contributed by atoms with Crippen LogP contribution in [0.2, 0.25) is 0 Å². The highest BCUT2D eigenvalue weighted by molar-refractivity contribution is 4.69. The molecule has 0 amide bonds. The lowest BCUT2D eigenvalue weighted by molar-refractivity contribution is 0.151. The van der Waals surface area contributed by atoms with Gasteiger partial charge in [0, 0.05) is 32.8 Å². The van der Waals surface area contributed by atoms with Crippen LogP contribution in [0.15, 0.2) is 0 Å². The van der Waals surface area contributed by atoms with Crippen molar-refractivity contribution in [2.24, 2.45) is 5.92 Å². The Morgan fingerprint density at radius 1 is 1.00 bits per heavy atom. The minimum Gasteiger partial charge on any atom is -0.396 e. The van der Waals surface area contributed by atoms with E-state index in [2.05, 4.69) is 23.8 Å². The first-order chi connectivity index (χ1) is 8.76. The highest BCUT2D eigenvalue weighted by Gasteiger charge is 2.12. The minimum absolute atomic E-state index is 0.361. The molecular weight excluding hydrogens is 224 g/mol. The zero-order chi connectivity index (χ0) is 13.2.